The Bertz CT molecular complexity index is 1200. The van der Waals surface area contributed by atoms with Gasteiger partial charge in [-0.2, -0.15) is 0 Å². The minimum atomic E-state index is -0.961. The van der Waals surface area contributed by atoms with E-state index < -0.39 is 23.2 Å². The number of carbonyl (C=O) groups excluding carboxylic acids is 2. The second kappa shape index (κ2) is 16.1. The van der Waals surface area contributed by atoms with E-state index in [0.29, 0.717) is 23.4 Å². The van der Waals surface area contributed by atoms with E-state index in [1.54, 1.807) is 24.3 Å². The summed E-state index contributed by atoms with van der Waals surface area (Å²) in [6.07, 6.45) is 15.5. The van der Waals surface area contributed by atoms with Crippen LogP contribution < -0.4 is 14.8 Å². The molecule has 1 aliphatic carbocycles. The molecule has 0 saturated heterocycles. The number of hydrogen-bond donors (Lipinski definition) is 1. The normalized spacial score (nSPS) is 13.8. The van der Waals surface area contributed by atoms with Crippen LogP contribution in [0, 0.1) is 11.6 Å². The zero-order valence-corrected chi connectivity index (χ0v) is 24.5. The van der Waals surface area contributed by atoms with Gasteiger partial charge < -0.3 is 19.3 Å². The number of amides is 1. The average molecular weight is 570 g/mol. The van der Waals surface area contributed by atoms with Gasteiger partial charge in [0.15, 0.2) is 6.04 Å². The monoisotopic (exact) mass is 569 g/mol. The van der Waals surface area contributed by atoms with E-state index in [1.165, 1.54) is 5.57 Å². The van der Waals surface area contributed by atoms with Crippen LogP contribution in [0.1, 0.15) is 68.1 Å². The molecular formula is C33H43F2N2O4+. The topological polar surface area (TPSA) is 64.6 Å². The molecular weight excluding hydrogens is 526 g/mol. The SMILES string of the molecule is C[N+](C)(C)C(CC1=CC=CCC1)C(=O)NCCCCCCCCOc1ccc(OC(=O)c2cc(F)ccc2F)cc1. The summed E-state index contributed by atoms with van der Waals surface area (Å²) in [4.78, 5) is 25.0. The maximum Gasteiger partial charge on any atom is 0.346 e. The highest BCUT2D eigenvalue weighted by atomic mass is 19.1. The van der Waals surface area contributed by atoms with Crippen molar-refractivity contribution in [1.82, 2.24) is 5.32 Å². The lowest BCUT2D eigenvalue weighted by Crippen LogP contribution is -2.54. The summed E-state index contributed by atoms with van der Waals surface area (Å²) in [5.41, 5.74) is 0.896. The third kappa shape index (κ3) is 11.1. The van der Waals surface area contributed by atoms with Gasteiger partial charge in [0.25, 0.3) is 5.91 Å². The quantitative estimate of drug-likeness (QED) is 0.105. The molecule has 0 aromatic heterocycles. The lowest BCUT2D eigenvalue weighted by Gasteiger charge is -2.34. The van der Waals surface area contributed by atoms with E-state index in [4.69, 9.17) is 9.47 Å². The molecule has 0 heterocycles. The Morgan fingerprint density at radius 1 is 0.927 bits per heavy atom. The highest BCUT2D eigenvalue weighted by Gasteiger charge is 2.32. The molecule has 0 spiro atoms. The van der Waals surface area contributed by atoms with Gasteiger partial charge in [0.2, 0.25) is 0 Å². The number of quaternary nitrogens is 1. The number of halogens is 2. The summed E-state index contributed by atoms with van der Waals surface area (Å²) in [5.74, 6) is -1.52. The molecule has 0 aliphatic heterocycles. The van der Waals surface area contributed by atoms with Gasteiger partial charge in [0.1, 0.15) is 23.1 Å². The summed E-state index contributed by atoms with van der Waals surface area (Å²) < 4.78 is 38.5. The van der Waals surface area contributed by atoms with E-state index in [0.717, 1.165) is 76.0 Å². The molecule has 8 heteroatoms. The van der Waals surface area contributed by atoms with Gasteiger partial charge in [0, 0.05) is 13.0 Å². The number of nitrogens with zero attached hydrogens (tertiary/aromatic N) is 1. The number of hydrogen-bond acceptors (Lipinski definition) is 4. The van der Waals surface area contributed by atoms with E-state index in [-0.39, 0.29) is 17.7 Å². The summed E-state index contributed by atoms with van der Waals surface area (Å²) in [5, 5.41) is 3.16. The third-order valence-corrected chi connectivity index (χ3v) is 7.12. The molecule has 1 unspecified atom stereocenters. The Morgan fingerprint density at radius 3 is 2.29 bits per heavy atom. The lowest BCUT2D eigenvalue weighted by molar-refractivity contribution is -0.886. The summed E-state index contributed by atoms with van der Waals surface area (Å²) in [7, 11) is 6.25. The Kier molecular flexibility index (Phi) is 12.5. The molecule has 222 valence electrons. The zero-order valence-electron chi connectivity index (χ0n) is 24.5. The smallest absolute Gasteiger partial charge is 0.346 e. The molecule has 3 rings (SSSR count). The minimum Gasteiger partial charge on any atom is -0.494 e. The van der Waals surface area contributed by atoms with Crippen molar-refractivity contribution in [1.29, 1.82) is 0 Å². The highest BCUT2D eigenvalue weighted by Crippen LogP contribution is 2.22. The van der Waals surface area contributed by atoms with Gasteiger partial charge >= 0.3 is 5.97 Å². The van der Waals surface area contributed by atoms with Gasteiger partial charge in [-0.3, -0.25) is 4.79 Å². The van der Waals surface area contributed by atoms with E-state index >= 15 is 0 Å². The van der Waals surface area contributed by atoms with Crippen LogP contribution in [0.2, 0.25) is 0 Å². The first-order chi connectivity index (χ1) is 19.6. The van der Waals surface area contributed by atoms with Crippen molar-refractivity contribution in [3.05, 3.63) is 83.5 Å². The Morgan fingerprint density at radius 2 is 1.61 bits per heavy atom. The summed E-state index contributed by atoms with van der Waals surface area (Å²) in [6, 6.07) is 9.01. The molecule has 1 aliphatic rings. The van der Waals surface area contributed by atoms with E-state index in [2.05, 4.69) is 44.7 Å². The fourth-order valence-electron chi connectivity index (χ4n) is 4.66. The van der Waals surface area contributed by atoms with Gasteiger partial charge in [-0.15, -0.1) is 0 Å². The van der Waals surface area contributed by atoms with E-state index in [9.17, 15) is 18.4 Å². The van der Waals surface area contributed by atoms with Gasteiger partial charge in [0.05, 0.1) is 33.3 Å². The highest BCUT2D eigenvalue weighted by molar-refractivity contribution is 5.91. The number of unbranched alkanes of at least 4 members (excludes halogenated alkanes) is 5. The molecule has 2 aromatic carbocycles. The Hall–Kier alpha value is -3.52. The van der Waals surface area contributed by atoms with Crippen molar-refractivity contribution in [2.24, 2.45) is 0 Å². The van der Waals surface area contributed by atoms with Crippen LogP contribution in [-0.4, -0.2) is 56.7 Å². The van der Waals surface area contributed by atoms with Crippen LogP contribution in [0.5, 0.6) is 11.5 Å². The van der Waals surface area contributed by atoms with Crippen LogP contribution >= 0.6 is 0 Å². The number of nitrogens with one attached hydrogen (secondary N) is 1. The molecule has 0 fully saturated rings. The minimum absolute atomic E-state index is 0.0798. The summed E-state index contributed by atoms with van der Waals surface area (Å²) in [6.45, 7) is 1.28. The molecule has 2 aromatic rings. The number of carbonyl (C=O) groups is 2. The first kappa shape index (κ1) is 32.0. The van der Waals surface area contributed by atoms with Crippen molar-refractivity contribution < 1.29 is 32.3 Å². The molecule has 1 N–H and O–H groups in total. The van der Waals surface area contributed by atoms with Crippen molar-refractivity contribution in [2.45, 2.75) is 63.8 Å². The molecule has 6 nitrogen and oxygen atoms in total. The first-order valence-corrected chi connectivity index (χ1v) is 14.5. The van der Waals surface area contributed by atoms with Gasteiger partial charge in [-0.1, -0.05) is 49.5 Å². The lowest BCUT2D eigenvalue weighted by atomic mass is 9.96. The predicted octanol–water partition coefficient (Wildman–Crippen LogP) is 6.76. The number of rotatable bonds is 16. The standard InChI is InChI=1S/C33H42F2N2O4/c1-37(2,3)31(23-25-13-9-8-10-14-25)32(38)36-21-11-6-4-5-7-12-22-40-27-16-18-28(19-17-27)41-33(39)29-24-26(34)15-20-30(29)35/h8-9,13,15-20,24,31H,4-7,10-12,14,21-23H2,1-3H3/p+1. The largest absolute Gasteiger partial charge is 0.494 e. The molecule has 1 atom stereocenters. The second-order valence-electron chi connectivity index (χ2n) is 11.4. The molecule has 41 heavy (non-hydrogen) atoms. The number of likely N-dealkylation sites (N-methyl/N-ethyl adjacent to an activating group) is 1. The van der Waals surface area contributed by atoms with Crippen LogP contribution in [0.3, 0.4) is 0 Å². The van der Waals surface area contributed by atoms with Crippen LogP contribution in [-0.2, 0) is 4.79 Å². The van der Waals surface area contributed by atoms with Crippen molar-refractivity contribution in [3.8, 4) is 11.5 Å². The van der Waals surface area contributed by atoms with Crippen LogP contribution in [0.15, 0.2) is 66.3 Å². The van der Waals surface area contributed by atoms with Crippen molar-refractivity contribution >= 4 is 11.9 Å². The average Bonchev–Trinajstić information content (AvgIpc) is 2.94. The fraction of sp³-hybridized carbons (Fsp3) is 0.455. The first-order valence-electron chi connectivity index (χ1n) is 14.5. The zero-order chi connectivity index (χ0) is 29.7. The van der Waals surface area contributed by atoms with Crippen molar-refractivity contribution in [2.75, 3.05) is 34.3 Å². The maximum atomic E-state index is 13.7. The van der Waals surface area contributed by atoms with E-state index in [1.807, 2.05) is 0 Å². The number of esters is 1. The van der Waals surface area contributed by atoms with Gasteiger partial charge in [-0.25, -0.2) is 13.6 Å². The molecule has 0 bridgehead atoms. The van der Waals surface area contributed by atoms with Crippen LogP contribution in [0.25, 0.3) is 0 Å². The van der Waals surface area contributed by atoms with Gasteiger partial charge in [-0.05, 0) is 68.1 Å². The molecule has 1 amide bonds. The van der Waals surface area contributed by atoms with Crippen LogP contribution in [0.4, 0.5) is 8.78 Å². The molecule has 0 saturated carbocycles. The maximum absolute atomic E-state index is 13.7. The van der Waals surface area contributed by atoms with Crippen molar-refractivity contribution in [3.63, 3.8) is 0 Å². The third-order valence-electron chi connectivity index (χ3n) is 7.12. The Labute approximate surface area is 242 Å². The number of allylic oxidation sites excluding steroid dienone is 3. The Balaban J connectivity index is 1.24. The fourth-order valence-corrected chi connectivity index (χ4v) is 4.66. The number of benzene rings is 2. The second-order valence-corrected chi connectivity index (χ2v) is 11.4. The number of ether oxygens (including phenoxy) is 2. The summed E-state index contributed by atoms with van der Waals surface area (Å²) >= 11 is 0. The molecule has 0 radical (unpaired) electrons. The predicted molar refractivity (Wildman–Crippen MR) is 157 cm³/mol.